The molecule has 0 rings (SSSR count). The highest BCUT2D eigenvalue weighted by molar-refractivity contribution is 7.47. The first-order valence-corrected chi connectivity index (χ1v) is 21.7. The highest BCUT2D eigenvalue weighted by Crippen LogP contribution is 2.43. The lowest BCUT2D eigenvalue weighted by Gasteiger charge is -2.20. The van der Waals surface area contributed by atoms with E-state index in [9.17, 15) is 14.3 Å². The van der Waals surface area contributed by atoms with Gasteiger partial charge in [0, 0.05) is 19.6 Å². The van der Waals surface area contributed by atoms with Crippen molar-refractivity contribution in [2.45, 2.75) is 200 Å². The Kier molecular flexibility index (Phi) is 36.9. The number of carbonyl (C=O) groups is 1. The fourth-order valence-corrected chi connectivity index (χ4v) is 6.46. The van der Waals surface area contributed by atoms with E-state index in [1.54, 1.807) is 0 Å². The van der Waals surface area contributed by atoms with E-state index in [4.69, 9.17) is 24.3 Å². The summed E-state index contributed by atoms with van der Waals surface area (Å²) in [6, 6.07) is 0. The first-order chi connectivity index (χ1) is 23.4. The van der Waals surface area contributed by atoms with Crippen molar-refractivity contribution in [3.63, 3.8) is 0 Å². The van der Waals surface area contributed by atoms with Gasteiger partial charge in [-0.25, -0.2) is 4.57 Å². The first kappa shape index (κ1) is 47.2. The van der Waals surface area contributed by atoms with Crippen LogP contribution in [0.25, 0.3) is 0 Å². The summed E-state index contributed by atoms with van der Waals surface area (Å²) in [5, 5.41) is 0. The van der Waals surface area contributed by atoms with Crippen molar-refractivity contribution in [3.8, 4) is 0 Å². The van der Waals surface area contributed by atoms with Crippen LogP contribution in [0, 0.1) is 0 Å². The fraction of sp³-hybridized carbons (Fsp3) is 0.923. The fourth-order valence-electron chi connectivity index (χ4n) is 5.70. The van der Waals surface area contributed by atoms with Crippen molar-refractivity contribution in [1.82, 2.24) is 0 Å². The smallest absolute Gasteiger partial charge is 0.457 e. The van der Waals surface area contributed by atoms with Gasteiger partial charge in [0.25, 0.3) is 0 Å². The molecule has 3 N–H and O–H groups in total. The van der Waals surface area contributed by atoms with Gasteiger partial charge in [-0.15, -0.1) is 0 Å². The van der Waals surface area contributed by atoms with Crippen LogP contribution in [0.1, 0.15) is 194 Å². The molecule has 0 fully saturated rings. The molecule has 0 amide bonds. The average molecular weight is 704 g/mol. The number of phosphoric acid groups is 1. The molecular weight excluding hydrogens is 625 g/mol. The molecule has 0 aromatic rings. The molecule has 0 aliphatic heterocycles. The zero-order valence-corrected chi connectivity index (χ0v) is 32.4. The molecule has 0 saturated carbocycles. The van der Waals surface area contributed by atoms with Gasteiger partial charge in [0.15, 0.2) is 0 Å². The van der Waals surface area contributed by atoms with Gasteiger partial charge >= 0.3 is 13.8 Å². The van der Waals surface area contributed by atoms with Crippen molar-refractivity contribution in [2.24, 2.45) is 5.73 Å². The third-order valence-electron chi connectivity index (χ3n) is 8.68. The Morgan fingerprint density at radius 1 is 0.604 bits per heavy atom. The summed E-state index contributed by atoms with van der Waals surface area (Å²) >= 11 is 0. The highest BCUT2D eigenvalue weighted by Gasteiger charge is 2.25. The van der Waals surface area contributed by atoms with Crippen molar-refractivity contribution >= 4 is 13.8 Å². The normalized spacial score (nSPS) is 13.7. The van der Waals surface area contributed by atoms with E-state index in [2.05, 4.69) is 26.0 Å². The molecule has 0 bridgehead atoms. The summed E-state index contributed by atoms with van der Waals surface area (Å²) < 4.78 is 33.3. The molecule has 0 aromatic heterocycles. The monoisotopic (exact) mass is 704 g/mol. The van der Waals surface area contributed by atoms with E-state index < -0.39 is 13.9 Å². The lowest BCUT2D eigenvalue weighted by atomic mass is 10.0. The van der Waals surface area contributed by atoms with Gasteiger partial charge in [-0.2, -0.15) is 0 Å². The minimum absolute atomic E-state index is 0.0939. The lowest BCUT2D eigenvalue weighted by molar-refractivity contribution is -0.154. The summed E-state index contributed by atoms with van der Waals surface area (Å²) in [4.78, 5) is 22.4. The molecule has 48 heavy (non-hydrogen) atoms. The van der Waals surface area contributed by atoms with Gasteiger partial charge in [0.05, 0.1) is 19.8 Å². The van der Waals surface area contributed by atoms with E-state index in [0.717, 1.165) is 44.9 Å². The summed E-state index contributed by atoms with van der Waals surface area (Å²) in [5.74, 6) is -0.336. The summed E-state index contributed by atoms with van der Waals surface area (Å²) in [5.41, 5.74) is 5.36. The van der Waals surface area contributed by atoms with E-state index in [1.165, 1.54) is 128 Å². The molecular formula is C39H78NO7P. The third kappa shape index (κ3) is 36.5. The molecule has 8 nitrogen and oxygen atoms in total. The Bertz CT molecular complexity index is 752. The second-order valence-electron chi connectivity index (χ2n) is 13.5. The van der Waals surface area contributed by atoms with Crippen molar-refractivity contribution in [2.75, 3.05) is 33.0 Å². The van der Waals surface area contributed by atoms with Crippen LogP contribution in [0.15, 0.2) is 12.2 Å². The predicted octanol–water partition coefficient (Wildman–Crippen LogP) is 11.5. The number of unbranched alkanes of at least 4 members (excludes halogenated alkanes) is 24. The molecule has 0 saturated heterocycles. The number of carbonyl (C=O) groups excluding carboxylic acids is 1. The minimum atomic E-state index is -4.27. The van der Waals surface area contributed by atoms with Crippen molar-refractivity contribution in [3.05, 3.63) is 12.2 Å². The van der Waals surface area contributed by atoms with Crippen LogP contribution in [0.2, 0.25) is 0 Å². The van der Waals surface area contributed by atoms with Crippen LogP contribution in [-0.2, 0) is 27.9 Å². The van der Waals surface area contributed by atoms with Gasteiger partial charge in [-0.1, -0.05) is 161 Å². The van der Waals surface area contributed by atoms with Crippen LogP contribution in [0.4, 0.5) is 0 Å². The maximum atomic E-state index is 12.5. The third-order valence-corrected chi connectivity index (χ3v) is 9.67. The van der Waals surface area contributed by atoms with E-state index in [-0.39, 0.29) is 32.3 Å². The van der Waals surface area contributed by atoms with Gasteiger partial charge in [-0.3, -0.25) is 13.8 Å². The van der Waals surface area contributed by atoms with Crippen LogP contribution in [-0.4, -0.2) is 49.9 Å². The van der Waals surface area contributed by atoms with Crippen LogP contribution < -0.4 is 5.73 Å². The van der Waals surface area contributed by atoms with Gasteiger partial charge in [0.1, 0.15) is 6.10 Å². The Hall–Kier alpha value is -0.760. The Balaban J connectivity index is 4.05. The Morgan fingerprint density at radius 2 is 1.04 bits per heavy atom. The standard InChI is InChI=1S/C39H78NO7P/c1-3-5-7-9-11-13-15-17-18-19-20-22-24-26-28-30-32-39(41)47-38(37-46-48(42,43)45-35-33-40)36-44-34-31-29-27-25-23-21-16-14-12-10-8-6-4-2/h18-19,38H,3-17,20-37,40H2,1-2H3,(H,42,43)/b19-18-. The molecule has 286 valence electrons. The van der Waals surface area contributed by atoms with E-state index in [1.807, 2.05) is 0 Å². The number of allylic oxidation sites excluding steroid dienone is 2. The molecule has 0 aromatic carbocycles. The molecule has 0 heterocycles. The number of hydrogen-bond donors (Lipinski definition) is 2. The largest absolute Gasteiger partial charge is 0.472 e. The van der Waals surface area contributed by atoms with Crippen LogP contribution in [0.3, 0.4) is 0 Å². The molecule has 0 spiro atoms. The zero-order valence-electron chi connectivity index (χ0n) is 31.5. The van der Waals surface area contributed by atoms with Crippen molar-refractivity contribution in [1.29, 1.82) is 0 Å². The summed E-state index contributed by atoms with van der Waals surface area (Å²) in [6.45, 7) is 4.94. The minimum Gasteiger partial charge on any atom is -0.457 e. The second kappa shape index (κ2) is 37.5. The molecule has 9 heteroatoms. The van der Waals surface area contributed by atoms with Gasteiger partial charge in [-0.05, 0) is 38.5 Å². The predicted molar refractivity (Wildman–Crippen MR) is 201 cm³/mol. The molecule has 0 aliphatic carbocycles. The van der Waals surface area contributed by atoms with Gasteiger partial charge in [0.2, 0.25) is 0 Å². The van der Waals surface area contributed by atoms with Crippen LogP contribution in [0.5, 0.6) is 0 Å². The topological polar surface area (TPSA) is 117 Å². The average Bonchev–Trinajstić information content (AvgIpc) is 3.07. The molecule has 2 atom stereocenters. The quantitative estimate of drug-likeness (QED) is 0.0281. The van der Waals surface area contributed by atoms with Gasteiger partial charge < -0.3 is 20.1 Å². The first-order valence-electron chi connectivity index (χ1n) is 20.2. The molecule has 2 unspecified atom stereocenters. The maximum Gasteiger partial charge on any atom is 0.472 e. The number of ether oxygens (including phenoxy) is 2. The highest BCUT2D eigenvalue weighted by atomic mass is 31.2. The Labute approximate surface area is 296 Å². The molecule has 0 aliphatic rings. The Morgan fingerprint density at radius 3 is 1.52 bits per heavy atom. The zero-order chi connectivity index (χ0) is 35.2. The van der Waals surface area contributed by atoms with Crippen molar-refractivity contribution < 1.29 is 32.8 Å². The summed E-state index contributed by atoms with van der Waals surface area (Å²) in [7, 11) is -4.27. The van der Waals surface area contributed by atoms with E-state index >= 15 is 0 Å². The molecule has 0 radical (unpaired) electrons. The lowest BCUT2D eigenvalue weighted by Crippen LogP contribution is -2.28. The second-order valence-corrected chi connectivity index (χ2v) is 15.0. The van der Waals surface area contributed by atoms with Crippen LogP contribution >= 0.6 is 7.82 Å². The van der Waals surface area contributed by atoms with E-state index in [0.29, 0.717) is 13.0 Å². The SMILES string of the molecule is CCCCCCCCC/C=C\CCCCCCCC(=O)OC(COCCCCCCCCCCCCCCC)COP(=O)(O)OCCN. The number of nitrogens with two attached hydrogens (primary N) is 1. The number of rotatable bonds is 39. The number of esters is 1. The number of hydrogen-bond acceptors (Lipinski definition) is 7. The summed E-state index contributed by atoms with van der Waals surface area (Å²) in [6.07, 6.45) is 37.9. The maximum absolute atomic E-state index is 12.5. The number of phosphoric ester groups is 1.